The van der Waals surface area contributed by atoms with E-state index in [-0.39, 0.29) is 5.91 Å². The highest BCUT2D eigenvalue weighted by Gasteiger charge is 2.06. The van der Waals surface area contributed by atoms with Crippen LogP contribution < -0.4 is 10.2 Å². The molecule has 0 spiro atoms. The molecule has 0 saturated carbocycles. The van der Waals surface area contributed by atoms with E-state index in [1.54, 1.807) is 6.07 Å². The average molecular weight is 289 g/mol. The van der Waals surface area contributed by atoms with Gasteiger partial charge in [-0.1, -0.05) is 29.8 Å². The fourth-order valence-electron chi connectivity index (χ4n) is 1.86. The number of carbonyl (C=O) groups excluding carboxylic acids is 1. The number of hydrogen-bond acceptors (Lipinski definition) is 2. The normalized spacial score (nSPS) is 10.2. The molecule has 0 bridgehead atoms. The van der Waals surface area contributed by atoms with Crippen LogP contribution in [0.5, 0.6) is 0 Å². The van der Waals surface area contributed by atoms with E-state index in [4.69, 9.17) is 11.6 Å². The van der Waals surface area contributed by atoms with Gasteiger partial charge in [0, 0.05) is 36.9 Å². The van der Waals surface area contributed by atoms with Gasteiger partial charge in [-0.25, -0.2) is 0 Å². The lowest BCUT2D eigenvalue weighted by Gasteiger charge is -2.13. The highest BCUT2D eigenvalue weighted by atomic mass is 35.5. The van der Waals surface area contributed by atoms with Crippen LogP contribution >= 0.6 is 11.6 Å². The summed E-state index contributed by atoms with van der Waals surface area (Å²) >= 11 is 5.91. The van der Waals surface area contributed by atoms with E-state index >= 15 is 0 Å². The van der Waals surface area contributed by atoms with Gasteiger partial charge in [0.25, 0.3) is 5.91 Å². The van der Waals surface area contributed by atoms with Crippen LogP contribution in [0.15, 0.2) is 48.5 Å². The second-order valence-electron chi connectivity index (χ2n) is 4.76. The summed E-state index contributed by atoms with van der Waals surface area (Å²) in [5.41, 5.74) is 2.63. The van der Waals surface area contributed by atoms with Gasteiger partial charge in [0.15, 0.2) is 0 Å². The highest BCUT2D eigenvalue weighted by Crippen LogP contribution is 2.14. The molecular weight excluding hydrogens is 272 g/mol. The summed E-state index contributed by atoms with van der Waals surface area (Å²) in [6, 6.07) is 15.0. The van der Waals surface area contributed by atoms with Gasteiger partial charge < -0.3 is 10.2 Å². The van der Waals surface area contributed by atoms with Crippen molar-refractivity contribution in [3.63, 3.8) is 0 Å². The maximum absolute atomic E-state index is 12.1. The number of carbonyl (C=O) groups is 1. The maximum atomic E-state index is 12.1. The predicted octanol–water partition coefficient (Wildman–Crippen LogP) is 3.34. The van der Waals surface area contributed by atoms with E-state index in [0.29, 0.717) is 17.1 Å². The lowest BCUT2D eigenvalue weighted by Crippen LogP contribution is -2.23. The zero-order chi connectivity index (χ0) is 14.5. The molecular formula is C16H17ClN2O. The van der Waals surface area contributed by atoms with Crippen LogP contribution in [0, 0.1) is 0 Å². The number of rotatable bonds is 4. The third-order valence-corrected chi connectivity index (χ3v) is 3.20. The summed E-state index contributed by atoms with van der Waals surface area (Å²) in [6.07, 6.45) is 0. The Labute approximate surface area is 124 Å². The standard InChI is InChI=1S/C16H17ClN2O/c1-19(2)15-8-4-6-13(10-15)16(20)18-11-12-5-3-7-14(17)9-12/h3-10H,11H2,1-2H3,(H,18,20). The second-order valence-corrected chi connectivity index (χ2v) is 5.19. The fourth-order valence-corrected chi connectivity index (χ4v) is 2.07. The summed E-state index contributed by atoms with van der Waals surface area (Å²) in [6.45, 7) is 0.464. The van der Waals surface area contributed by atoms with Gasteiger partial charge in [-0.15, -0.1) is 0 Å². The van der Waals surface area contributed by atoms with Crippen LogP contribution in [0.1, 0.15) is 15.9 Å². The molecule has 0 atom stereocenters. The SMILES string of the molecule is CN(C)c1cccc(C(=O)NCc2cccc(Cl)c2)c1. The molecule has 0 saturated heterocycles. The van der Waals surface area contributed by atoms with Crippen molar-refractivity contribution >= 4 is 23.2 Å². The van der Waals surface area contributed by atoms with Crippen molar-refractivity contribution in [2.45, 2.75) is 6.54 Å². The Morgan fingerprint density at radius 3 is 2.60 bits per heavy atom. The number of halogens is 1. The zero-order valence-electron chi connectivity index (χ0n) is 11.6. The molecule has 0 radical (unpaired) electrons. The summed E-state index contributed by atoms with van der Waals surface area (Å²) in [5, 5.41) is 3.57. The van der Waals surface area contributed by atoms with E-state index in [1.807, 2.05) is 61.5 Å². The molecule has 20 heavy (non-hydrogen) atoms. The van der Waals surface area contributed by atoms with Crippen LogP contribution in [0.4, 0.5) is 5.69 Å². The number of nitrogens with one attached hydrogen (secondary N) is 1. The Morgan fingerprint density at radius 2 is 1.90 bits per heavy atom. The van der Waals surface area contributed by atoms with Crippen LogP contribution in [0.3, 0.4) is 0 Å². The molecule has 0 aromatic heterocycles. The number of benzene rings is 2. The van der Waals surface area contributed by atoms with Crippen molar-refractivity contribution < 1.29 is 4.79 Å². The van der Waals surface area contributed by atoms with Crippen LogP contribution in [0.25, 0.3) is 0 Å². The first-order valence-electron chi connectivity index (χ1n) is 6.36. The molecule has 0 unspecified atom stereocenters. The van der Waals surface area contributed by atoms with Gasteiger partial charge in [0.1, 0.15) is 0 Å². The molecule has 0 heterocycles. The average Bonchev–Trinajstić information content (AvgIpc) is 2.45. The third kappa shape index (κ3) is 3.75. The Kier molecular flexibility index (Phi) is 4.64. The minimum Gasteiger partial charge on any atom is -0.378 e. The molecule has 4 heteroatoms. The van der Waals surface area contributed by atoms with Crippen molar-refractivity contribution in [2.24, 2.45) is 0 Å². The third-order valence-electron chi connectivity index (χ3n) is 2.97. The number of anilines is 1. The summed E-state index contributed by atoms with van der Waals surface area (Å²) in [7, 11) is 3.89. The Bertz CT molecular complexity index is 611. The Morgan fingerprint density at radius 1 is 1.15 bits per heavy atom. The van der Waals surface area contributed by atoms with Crippen LogP contribution in [-0.4, -0.2) is 20.0 Å². The molecule has 0 fully saturated rings. The largest absolute Gasteiger partial charge is 0.378 e. The minimum atomic E-state index is -0.0892. The van der Waals surface area contributed by atoms with E-state index in [2.05, 4.69) is 5.32 Å². The van der Waals surface area contributed by atoms with Crippen molar-refractivity contribution in [3.8, 4) is 0 Å². The molecule has 2 rings (SSSR count). The quantitative estimate of drug-likeness (QED) is 0.936. The number of hydrogen-bond donors (Lipinski definition) is 1. The van der Waals surface area contributed by atoms with Gasteiger partial charge in [0.2, 0.25) is 0 Å². The molecule has 3 nitrogen and oxygen atoms in total. The molecule has 0 aliphatic rings. The molecule has 0 aliphatic carbocycles. The van der Waals surface area contributed by atoms with Crippen LogP contribution in [0.2, 0.25) is 5.02 Å². The van der Waals surface area contributed by atoms with E-state index in [9.17, 15) is 4.79 Å². The van der Waals surface area contributed by atoms with Crippen molar-refractivity contribution in [1.82, 2.24) is 5.32 Å². The van der Waals surface area contributed by atoms with Gasteiger partial charge in [-0.2, -0.15) is 0 Å². The summed E-state index contributed by atoms with van der Waals surface area (Å²) < 4.78 is 0. The van der Waals surface area contributed by atoms with Crippen molar-refractivity contribution in [2.75, 3.05) is 19.0 Å². The number of nitrogens with zero attached hydrogens (tertiary/aromatic N) is 1. The minimum absolute atomic E-state index is 0.0892. The van der Waals surface area contributed by atoms with Crippen molar-refractivity contribution in [1.29, 1.82) is 0 Å². The lowest BCUT2D eigenvalue weighted by molar-refractivity contribution is 0.0951. The van der Waals surface area contributed by atoms with Gasteiger partial charge in [0.05, 0.1) is 0 Å². The second kappa shape index (κ2) is 6.44. The topological polar surface area (TPSA) is 32.3 Å². The molecule has 0 aliphatic heterocycles. The predicted molar refractivity (Wildman–Crippen MR) is 83.4 cm³/mol. The number of amides is 1. The monoisotopic (exact) mass is 288 g/mol. The van der Waals surface area contributed by atoms with E-state index in [1.165, 1.54) is 0 Å². The van der Waals surface area contributed by atoms with E-state index < -0.39 is 0 Å². The first-order valence-corrected chi connectivity index (χ1v) is 6.74. The van der Waals surface area contributed by atoms with Gasteiger partial charge in [-0.05, 0) is 35.9 Å². The smallest absolute Gasteiger partial charge is 0.251 e. The summed E-state index contributed by atoms with van der Waals surface area (Å²) in [4.78, 5) is 14.1. The molecule has 1 amide bonds. The molecule has 104 valence electrons. The van der Waals surface area contributed by atoms with Gasteiger partial charge >= 0.3 is 0 Å². The first kappa shape index (κ1) is 14.4. The highest BCUT2D eigenvalue weighted by molar-refractivity contribution is 6.30. The van der Waals surface area contributed by atoms with Gasteiger partial charge in [-0.3, -0.25) is 4.79 Å². The fraction of sp³-hybridized carbons (Fsp3) is 0.188. The van der Waals surface area contributed by atoms with Crippen molar-refractivity contribution in [3.05, 3.63) is 64.7 Å². The Hall–Kier alpha value is -2.00. The first-order chi connectivity index (χ1) is 9.56. The maximum Gasteiger partial charge on any atom is 0.251 e. The molecule has 2 aromatic rings. The van der Waals surface area contributed by atoms with Crippen LogP contribution in [-0.2, 0) is 6.54 Å². The van der Waals surface area contributed by atoms with E-state index in [0.717, 1.165) is 11.3 Å². The Balaban J connectivity index is 2.03. The summed E-state index contributed by atoms with van der Waals surface area (Å²) in [5.74, 6) is -0.0892. The molecule has 1 N–H and O–H groups in total. The zero-order valence-corrected chi connectivity index (χ0v) is 12.3. The lowest BCUT2D eigenvalue weighted by atomic mass is 10.1. The molecule has 2 aromatic carbocycles.